The predicted molar refractivity (Wildman–Crippen MR) is 110 cm³/mol. The summed E-state index contributed by atoms with van der Waals surface area (Å²) in [4.78, 5) is 5.41. The maximum atomic E-state index is 6.04. The molecule has 0 bridgehead atoms. The second-order valence-electron chi connectivity index (χ2n) is 5.71. The van der Waals surface area contributed by atoms with Crippen LogP contribution in [0.5, 0.6) is 28.7 Å². The lowest BCUT2D eigenvalue weighted by Crippen LogP contribution is -1.96. The number of rotatable bonds is 7. The highest BCUT2D eigenvalue weighted by Gasteiger charge is 2.20. The van der Waals surface area contributed by atoms with Gasteiger partial charge in [0.05, 0.1) is 46.1 Å². The van der Waals surface area contributed by atoms with E-state index >= 15 is 0 Å². The highest BCUT2D eigenvalue weighted by atomic mass is 32.1. The van der Waals surface area contributed by atoms with E-state index in [1.165, 1.54) is 11.3 Å². The minimum Gasteiger partial charge on any atom is -0.493 e. The van der Waals surface area contributed by atoms with E-state index in [1.807, 2.05) is 30.3 Å². The molecule has 2 aromatic carbocycles. The molecule has 0 saturated carbocycles. The highest BCUT2D eigenvalue weighted by Crippen LogP contribution is 2.46. The fourth-order valence-corrected chi connectivity index (χ4v) is 3.77. The van der Waals surface area contributed by atoms with Gasteiger partial charge in [-0.2, -0.15) is 0 Å². The molecule has 0 radical (unpaired) electrons. The third-order valence-electron chi connectivity index (χ3n) is 4.23. The normalized spacial score (nSPS) is 10.5. The number of nitrogens with zero attached hydrogens (tertiary/aromatic N) is 1. The van der Waals surface area contributed by atoms with Crippen LogP contribution in [0.4, 0.5) is 5.13 Å². The molecule has 0 spiro atoms. The summed E-state index contributed by atoms with van der Waals surface area (Å²) in [7, 11) is 7.92. The molecule has 3 rings (SSSR count). The van der Waals surface area contributed by atoms with Crippen LogP contribution < -0.4 is 29.4 Å². The lowest BCUT2D eigenvalue weighted by atomic mass is 10.1. The second-order valence-corrected chi connectivity index (χ2v) is 6.74. The first-order chi connectivity index (χ1) is 13.6. The van der Waals surface area contributed by atoms with Crippen LogP contribution >= 0.6 is 11.3 Å². The number of thiazole rings is 1. The Labute approximate surface area is 167 Å². The topological polar surface area (TPSA) is 85.1 Å². The number of methoxy groups -OCH3 is 5. The number of hydrogen-bond acceptors (Lipinski definition) is 8. The molecule has 28 heavy (non-hydrogen) atoms. The van der Waals surface area contributed by atoms with Crippen LogP contribution in [0.3, 0.4) is 0 Å². The van der Waals surface area contributed by atoms with Crippen molar-refractivity contribution in [1.82, 2.24) is 4.98 Å². The Morgan fingerprint density at radius 3 is 1.82 bits per heavy atom. The second kappa shape index (κ2) is 8.26. The lowest BCUT2D eigenvalue weighted by molar-refractivity contribution is 0.324. The Bertz CT molecular complexity index is 962. The van der Waals surface area contributed by atoms with E-state index in [4.69, 9.17) is 29.4 Å². The summed E-state index contributed by atoms with van der Waals surface area (Å²) in [6.45, 7) is 0. The Balaban J connectivity index is 2.19. The number of nitrogen functional groups attached to an aromatic ring is 1. The van der Waals surface area contributed by atoms with Gasteiger partial charge >= 0.3 is 0 Å². The van der Waals surface area contributed by atoms with E-state index < -0.39 is 0 Å². The maximum absolute atomic E-state index is 6.04. The summed E-state index contributed by atoms with van der Waals surface area (Å²) < 4.78 is 27.1. The monoisotopic (exact) mass is 402 g/mol. The Morgan fingerprint density at radius 2 is 1.29 bits per heavy atom. The largest absolute Gasteiger partial charge is 0.493 e. The van der Waals surface area contributed by atoms with Crippen molar-refractivity contribution < 1.29 is 23.7 Å². The van der Waals surface area contributed by atoms with Crippen molar-refractivity contribution in [2.45, 2.75) is 0 Å². The van der Waals surface area contributed by atoms with E-state index in [2.05, 4.69) is 4.98 Å². The zero-order valence-electron chi connectivity index (χ0n) is 16.4. The Hall–Kier alpha value is -3.13. The molecule has 0 aliphatic carbocycles. The van der Waals surface area contributed by atoms with Gasteiger partial charge in [-0.25, -0.2) is 4.98 Å². The van der Waals surface area contributed by atoms with E-state index in [0.29, 0.717) is 33.9 Å². The molecule has 0 aliphatic rings. The highest BCUT2D eigenvalue weighted by molar-refractivity contribution is 7.19. The third kappa shape index (κ3) is 3.50. The van der Waals surface area contributed by atoms with Crippen LogP contribution in [0, 0.1) is 0 Å². The molecule has 1 aromatic heterocycles. The summed E-state index contributed by atoms with van der Waals surface area (Å²) >= 11 is 1.38. The molecule has 0 unspecified atom stereocenters. The van der Waals surface area contributed by atoms with Crippen LogP contribution in [0.25, 0.3) is 21.7 Å². The molecule has 0 atom stereocenters. The Kier molecular flexibility index (Phi) is 5.79. The zero-order valence-corrected chi connectivity index (χ0v) is 17.2. The van der Waals surface area contributed by atoms with Gasteiger partial charge in [0.2, 0.25) is 5.75 Å². The molecule has 0 amide bonds. The number of hydrogen-bond donors (Lipinski definition) is 1. The lowest BCUT2D eigenvalue weighted by Gasteiger charge is -2.14. The van der Waals surface area contributed by atoms with Crippen molar-refractivity contribution >= 4 is 16.5 Å². The van der Waals surface area contributed by atoms with Gasteiger partial charge in [0.15, 0.2) is 28.1 Å². The molecule has 0 saturated heterocycles. The Morgan fingerprint density at radius 1 is 0.714 bits per heavy atom. The summed E-state index contributed by atoms with van der Waals surface area (Å²) in [5.74, 6) is 2.90. The van der Waals surface area contributed by atoms with Gasteiger partial charge in [-0.05, 0) is 30.3 Å². The minimum atomic E-state index is 0.452. The molecule has 148 valence electrons. The van der Waals surface area contributed by atoms with Crippen molar-refractivity contribution in [1.29, 1.82) is 0 Å². The first kappa shape index (κ1) is 19.6. The predicted octanol–water partition coefficient (Wildman–Crippen LogP) is 4.10. The fourth-order valence-electron chi connectivity index (χ4n) is 2.92. The van der Waals surface area contributed by atoms with Gasteiger partial charge in [0, 0.05) is 11.1 Å². The van der Waals surface area contributed by atoms with Crippen molar-refractivity contribution in [3.8, 4) is 50.4 Å². The van der Waals surface area contributed by atoms with Gasteiger partial charge < -0.3 is 29.4 Å². The van der Waals surface area contributed by atoms with Crippen LogP contribution in [0.2, 0.25) is 0 Å². The summed E-state index contributed by atoms with van der Waals surface area (Å²) in [5.41, 5.74) is 8.49. The first-order valence-electron chi connectivity index (χ1n) is 8.35. The van der Waals surface area contributed by atoms with E-state index in [1.54, 1.807) is 35.5 Å². The summed E-state index contributed by atoms with van der Waals surface area (Å²) in [5, 5.41) is 0.452. The molecule has 1 heterocycles. The third-order valence-corrected chi connectivity index (χ3v) is 5.16. The van der Waals surface area contributed by atoms with Gasteiger partial charge in [0.25, 0.3) is 0 Å². The summed E-state index contributed by atoms with van der Waals surface area (Å²) in [6, 6.07) is 9.37. The van der Waals surface area contributed by atoms with Crippen LogP contribution in [-0.2, 0) is 0 Å². The average Bonchev–Trinajstić information content (AvgIpc) is 3.13. The number of anilines is 1. The van der Waals surface area contributed by atoms with Gasteiger partial charge in [-0.1, -0.05) is 11.3 Å². The van der Waals surface area contributed by atoms with Gasteiger partial charge in [-0.3, -0.25) is 0 Å². The zero-order chi connectivity index (χ0) is 20.3. The molecule has 0 aliphatic heterocycles. The quantitative estimate of drug-likeness (QED) is 0.637. The molecule has 7 nitrogen and oxygen atoms in total. The minimum absolute atomic E-state index is 0.452. The molecule has 2 N–H and O–H groups in total. The van der Waals surface area contributed by atoms with Crippen molar-refractivity contribution in [2.24, 2.45) is 0 Å². The standard InChI is InChI=1S/C20H22N2O5S/c1-23-13-7-6-11(8-14(13)24-2)17-19(28-20(21)22-17)12-9-15(25-3)18(27-5)16(10-12)26-4/h6-10H,1-5H3,(H2,21,22). The molecule has 0 fully saturated rings. The SMILES string of the molecule is COc1ccc(-c2nc(N)sc2-c2cc(OC)c(OC)c(OC)c2)cc1OC. The van der Waals surface area contributed by atoms with Crippen molar-refractivity contribution in [2.75, 3.05) is 41.3 Å². The molecule has 8 heteroatoms. The smallest absolute Gasteiger partial charge is 0.203 e. The van der Waals surface area contributed by atoms with Crippen molar-refractivity contribution in [3.05, 3.63) is 30.3 Å². The van der Waals surface area contributed by atoms with Crippen LogP contribution in [-0.4, -0.2) is 40.5 Å². The van der Waals surface area contributed by atoms with Gasteiger partial charge in [-0.15, -0.1) is 0 Å². The molecular formula is C20H22N2O5S. The number of ether oxygens (including phenoxy) is 5. The van der Waals surface area contributed by atoms with Crippen LogP contribution in [0.1, 0.15) is 0 Å². The van der Waals surface area contributed by atoms with Gasteiger partial charge in [0.1, 0.15) is 0 Å². The fraction of sp³-hybridized carbons (Fsp3) is 0.250. The molecule has 3 aromatic rings. The number of benzene rings is 2. The first-order valence-corrected chi connectivity index (χ1v) is 9.17. The maximum Gasteiger partial charge on any atom is 0.203 e. The summed E-state index contributed by atoms with van der Waals surface area (Å²) in [6.07, 6.45) is 0. The van der Waals surface area contributed by atoms with Crippen LogP contribution in [0.15, 0.2) is 30.3 Å². The number of aromatic nitrogens is 1. The average molecular weight is 402 g/mol. The van der Waals surface area contributed by atoms with E-state index in [-0.39, 0.29) is 0 Å². The molecular weight excluding hydrogens is 380 g/mol. The van der Waals surface area contributed by atoms with E-state index in [9.17, 15) is 0 Å². The number of nitrogens with two attached hydrogens (primary N) is 1. The van der Waals surface area contributed by atoms with E-state index in [0.717, 1.165) is 21.7 Å². The van der Waals surface area contributed by atoms with Crippen molar-refractivity contribution in [3.63, 3.8) is 0 Å².